The van der Waals surface area contributed by atoms with Crippen LogP contribution < -0.4 is 0 Å². The van der Waals surface area contributed by atoms with E-state index in [0.29, 0.717) is 0 Å². The molecule has 0 saturated carbocycles. The van der Waals surface area contributed by atoms with Gasteiger partial charge in [-0.1, -0.05) is 114 Å². The van der Waals surface area contributed by atoms with Crippen molar-refractivity contribution in [2.45, 2.75) is 47.3 Å². The van der Waals surface area contributed by atoms with E-state index in [9.17, 15) is 0 Å². The Hall–Kier alpha value is -1.02. The zero-order chi connectivity index (χ0) is 24.8. The SMILES string of the molecule is Cc1ccc(SSc2ccc(C)cc2)cc1.Cc1ccc(SSc2ccc(C)cc2)cc1.SS. The minimum Gasteiger partial charge on any atom is -0.115 e. The fourth-order valence-corrected chi connectivity index (χ4v) is 6.43. The maximum Gasteiger partial charge on any atom is 0.0186 e. The molecule has 178 valence electrons. The summed E-state index contributed by atoms with van der Waals surface area (Å²) in [5.41, 5.74) is 5.24. The zero-order valence-corrected chi connectivity index (χ0v) is 24.8. The van der Waals surface area contributed by atoms with Gasteiger partial charge < -0.3 is 0 Å². The average molecular weight is 559 g/mol. The zero-order valence-electron chi connectivity index (χ0n) is 19.8. The van der Waals surface area contributed by atoms with E-state index in [2.05, 4.69) is 148 Å². The van der Waals surface area contributed by atoms with Gasteiger partial charge in [-0.2, -0.15) is 0 Å². The van der Waals surface area contributed by atoms with E-state index >= 15 is 0 Å². The molecule has 0 aliphatic rings. The molecule has 0 aromatic heterocycles. The number of hydrogen-bond donors (Lipinski definition) is 2. The van der Waals surface area contributed by atoms with Gasteiger partial charge in [0.2, 0.25) is 0 Å². The van der Waals surface area contributed by atoms with Gasteiger partial charge in [0.25, 0.3) is 0 Å². The molecule has 4 rings (SSSR count). The molecule has 0 aliphatic carbocycles. The van der Waals surface area contributed by atoms with Crippen molar-refractivity contribution in [3.8, 4) is 0 Å². The van der Waals surface area contributed by atoms with Gasteiger partial charge in [0, 0.05) is 19.6 Å². The summed E-state index contributed by atoms with van der Waals surface area (Å²) in [6.07, 6.45) is 0. The van der Waals surface area contributed by atoms with Crippen LogP contribution in [0, 0.1) is 27.7 Å². The molecule has 0 unspecified atom stereocenters. The fraction of sp³-hybridized carbons (Fsp3) is 0.143. The minimum atomic E-state index is 1.30. The highest BCUT2D eigenvalue weighted by Crippen LogP contribution is 2.38. The van der Waals surface area contributed by atoms with Gasteiger partial charge in [-0.25, -0.2) is 0 Å². The maximum absolute atomic E-state index is 3.22. The smallest absolute Gasteiger partial charge is 0.0186 e. The predicted octanol–water partition coefficient (Wildman–Crippen LogP) is 11.0. The first-order chi connectivity index (χ1) is 16.5. The van der Waals surface area contributed by atoms with Gasteiger partial charge >= 0.3 is 0 Å². The highest BCUT2D eigenvalue weighted by atomic mass is 33.1. The van der Waals surface area contributed by atoms with E-state index in [-0.39, 0.29) is 0 Å². The lowest BCUT2D eigenvalue weighted by atomic mass is 10.2. The Morgan fingerprint density at radius 2 is 0.471 bits per heavy atom. The number of rotatable bonds is 6. The van der Waals surface area contributed by atoms with Crippen LogP contribution in [0.1, 0.15) is 22.3 Å². The summed E-state index contributed by atoms with van der Waals surface area (Å²) >= 11 is 6.44. The van der Waals surface area contributed by atoms with Crippen molar-refractivity contribution in [1.82, 2.24) is 0 Å². The van der Waals surface area contributed by atoms with Crippen LogP contribution in [0.15, 0.2) is 117 Å². The Kier molecular flexibility index (Phi) is 14.3. The molecule has 0 nitrogen and oxygen atoms in total. The Labute approximate surface area is 231 Å². The summed E-state index contributed by atoms with van der Waals surface area (Å²) in [6, 6.07) is 34.5. The molecule has 0 spiro atoms. The van der Waals surface area contributed by atoms with Crippen molar-refractivity contribution in [3.63, 3.8) is 0 Å². The standard InChI is InChI=1S/2C14H14S2.H2S2/c2*1-11-3-7-13(8-4-11)15-16-14-9-5-12(2)6-10-14;1-2/h2*3-10H,1-2H3;1-2H. The first-order valence-electron chi connectivity index (χ1n) is 10.6. The van der Waals surface area contributed by atoms with Crippen molar-refractivity contribution in [1.29, 1.82) is 0 Å². The number of thiol groups is 2. The molecule has 6 heteroatoms. The van der Waals surface area contributed by atoms with Crippen molar-refractivity contribution in [2.24, 2.45) is 0 Å². The second-order valence-corrected chi connectivity index (χ2v) is 12.1. The molecule has 4 aromatic rings. The molecule has 34 heavy (non-hydrogen) atoms. The maximum atomic E-state index is 3.22. The van der Waals surface area contributed by atoms with Crippen molar-refractivity contribution < 1.29 is 0 Å². The number of benzene rings is 4. The van der Waals surface area contributed by atoms with E-state index in [1.807, 2.05) is 0 Å². The lowest BCUT2D eigenvalue weighted by Crippen LogP contribution is -1.73. The molecule has 0 fully saturated rings. The van der Waals surface area contributed by atoms with Gasteiger partial charge in [0.1, 0.15) is 0 Å². The second-order valence-electron chi connectivity index (χ2n) is 7.59. The van der Waals surface area contributed by atoms with E-state index in [0.717, 1.165) is 0 Å². The molecule has 0 N–H and O–H groups in total. The lowest BCUT2D eigenvalue weighted by molar-refractivity contribution is 1.38. The summed E-state index contributed by atoms with van der Waals surface area (Å²) in [4.78, 5) is 5.21. The summed E-state index contributed by atoms with van der Waals surface area (Å²) in [6.45, 7) is 8.45. The first kappa shape index (κ1) is 29.2. The van der Waals surface area contributed by atoms with Gasteiger partial charge in [0.15, 0.2) is 0 Å². The lowest BCUT2D eigenvalue weighted by Gasteiger charge is -2.02. The molecule has 0 saturated heterocycles. The molecule has 0 atom stereocenters. The third kappa shape index (κ3) is 11.6. The summed E-state index contributed by atoms with van der Waals surface area (Å²) in [5, 5.41) is 0. The van der Waals surface area contributed by atoms with Crippen LogP contribution in [0.4, 0.5) is 0 Å². The van der Waals surface area contributed by atoms with Crippen molar-refractivity contribution in [3.05, 3.63) is 119 Å². The van der Waals surface area contributed by atoms with Gasteiger partial charge in [-0.15, -0.1) is 23.3 Å². The molecule has 4 aromatic carbocycles. The average Bonchev–Trinajstić information content (AvgIpc) is 2.87. The van der Waals surface area contributed by atoms with E-state index in [1.165, 1.54) is 41.8 Å². The van der Waals surface area contributed by atoms with Crippen LogP contribution in [0.2, 0.25) is 0 Å². The quantitative estimate of drug-likeness (QED) is 0.178. The largest absolute Gasteiger partial charge is 0.115 e. The monoisotopic (exact) mass is 558 g/mol. The van der Waals surface area contributed by atoms with Gasteiger partial charge in [0.05, 0.1) is 0 Å². The van der Waals surface area contributed by atoms with E-state index < -0.39 is 0 Å². The van der Waals surface area contributed by atoms with Crippen LogP contribution in [-0.2, 0) is 0 Å². The van der Waals surface area contributed by atoms with Crippen molar-refractivity contribution in [2.75, 3.05) is 0 Å². The molecule has 0 heterocycles. The summed E-state index contributed by atoms with van der Waals surface area (Å²) in [7, 11) is 7.22. The fourth-order valence-electron chi connectivity index (χ4n) is 2.57. The molecule has 0 bridgehead atoms. The first-order valence-corrected chi connectivity index (χ1v) is 16.5. The highest BCUT2D eigenvalue weighted by molar-refractivity contribution is 8.77. The van der Waals surface area contributed by atoms with Crippen LogP contribution in [0.3, 0.4) is 0 Å². The van der Waals surface area contributed by atoms with Crippen LogP contribution in [0.5, 0.6) is 0 Å². The molecular weight excluding hydrogens is 529 g/mol. The minimum absolute atomic E-state index is 1.30. The Morgan fingerprint density at radius 3 is 0.618 bits per heavy atom. The topological polar surface area (TPSA) is 0 Å². The van der Waals surface area contributed by atoms with Crippen molar-refractivity contribution >= 4 is 66.5 Å². The second kappa shape index (κ2) is 16.6. The van der Waals surface area contributed by atoms with Gasteiger partial charge in [-0.05, 0) is 76.2 Å². The highest BCUT2D eigenvalue weighted by Gasteiger charge is 1.98. The Morgan fingerprint density at radius 1 is 0.324 bits per heavy atom. The van der Waals surface area contributed by atoms with Crippen LogP contribution in [-0.4, -0.2) is 0 Å². The molecule has 0 aliphatic heterocycles. The van der Waals surface area contributed by atoms with Crippen LogP contribution in [0.25, 0.3) is 0 Å². The number of aryl methyl sites for hydroxylation is 4. The molecular formula is C28H30S6. The normalized spacial score (nSPS) is 9.94. The predicted molar refractivity (Wildman–Crippen MR) is 166 cm³/mol. The summed E-state index contributed by atoms with van der Waals surface area (Å²) < 4.78 is 0. The summed E-state index contributed by atoms with van der Waals surface area (Å²) in [5.74, 6) is 0. The van der Waals surface area contributed by atoms with E-state index in [1.54, 1.807) is 43.2 Å². The number of hydrogen-bond acceptors (Lipinski definition) is 6. The molecule has 0 amide bonds. The third-order valence-corrected chi connectivity index (χ3v) is 9.39. The van der Waals surface area contributed by atoms with Gasteiger partial charge in [-0.3, -0.25) is 0 Å². The molecule has 0 radical (unpaired) electrons. The van der Waals surface area contributed by atoms with Crippen LogP contribution >= 0.6 is 66.5 Å². The van der Waals surface area contributed by atoms with E-state index in [4.69, 9.17) is 0 Å². The Bertz CT molecular complexity index is 892. The Balaban J connectivity index is 0.000000224. The third-order valence-electron chi connectivity index (χ3n) is 4.55.